The Labute approximate surface area is 288 Å². The van der Waals surface area contributed by atoms with Crippen LogP contribution in [0.2, 0.25) is 0 Å². The molecule has 5 atom stereocenters. The number of aliphatic hydroxyl groups excluding tert-OH is 1. The van der Waals surface area contributed by atoms with Crippen molar-refractivity contribution in [3.05, 3.63) is 138 Å². The van der Waals surface area contributed by atoms with Crippen molar-refractivity contribution >= 4 is 34.4 Å². The molecule has 0 saturated carbocycles. The van der Waals surface area contributed by atoms with E-state index in [-0.39, 0.29) is 36.6 Å². The van der Waals surface area contributed by atoms with Crippen molar-refractivity contribution in [3.8, 4) is 5.75 Å². The summed E-state index contributed by atoms with van der Waals surface area (Å²) in [5.74, 6) is -0.302. The number of aromatic hydroxyl groups is 1. The fourth-order valence-electron chi connectivity index (χ4n) is 7.41. The summed E-state index contributed by atoms with van der Waals surface area (Å²) in [7, 11) is 0. The molecule has 3 heterocycles. The minimum atomic E-state index is -1.17. The largest absolute Gasteiger partial charge is 0.508 e. The summed E-state index contributed by atoms with van der Waals surface area (Å²) in [6, 6.07) is 26.2. The lowest BCUT2D eigenvalue weighted by molar-refractivity contribution is -0.235. The molecule has 10 heteroatoms. The number of carbonyl (C=O) groups is 2. The fourth-order valence-corrected chi connectivity index (χ4v) is 7.98. The van der Waals surface area contributed by atoms with Gasteiger partial charge in [0.15, 0.2) is 0 Å². The van der Waals surface area contributed by atoms with E-state index in [1.807, 2.05) is 88.8 Å². The maximum absolute atomic E-state index is 14.6. The molecule has 0 aromatic heterocycles. The Morgan fingerprint density at radius 3 is 2.34 bits per heavy atom. The lowest BCUT2D eigenvalue weighted by Gasteiger charge is -2.61. The van der Waals surface area contributed by atoms with Gasteiger partial charge >= 0.3 is 0 Å². The number of hydrazine groups is 1. The van der Waals surface area contributed by atoms with Crippen LogP contribution in [-0.4, -0.2) is 90.0 Å². The van der Waals surface area contributed by atoms with Gasteiger partial charge in [-0.15, -0.1) is 0 Å². The van der Waals surface area contributed by atoms with Crippen LogP contribution in [0.4, 0.5) is 0 Å². The summed E-state index contributed by atoms with van der Waals surface area (Å²) in [5, 5.41) is 30.3. The van der Waals surface area contributed by atoms with Crippen LogP contribution in [0.3, 0.4) is 0 Å². The number of piperazine rings is 1. The first-order chi connectivity index (χ1) is 22.9. The number of alkyl halides is 1. The number of fused-ring (bicyclic) bond motifs is 4. The van der Waals surface area contributed by atoms with E-state index in [4.69, 9.17) is 0 Å². The van der Waals surface area contributed by atoms with E-state index in [0.717, 1.165) is 22.3 Å². The number of halogens is 1. The third-order valence-electron chi connectivity index (χ3n) is 9.69. The number of hydrogen-bond donors (Lipinski definition) is 3. The molecular weight excluding hydrogens is 705 g/mol. The van der Waals surface area contributed by atoms with Gasteiger partial charge in [-0.2, -0.15) is 5.01 Å². The second kappa shape index (κ2) is 13.4. The highest BCUT2D eigenvalue weighted by molar-refractivity contribution is 14.1. The first kappa shape index (κ1) is 31.8. The van der Waals surface area contributed by atoms with Gasteiger partial charge in [0.25, 0.3) is 0 Å². The van der Waals surface area contributed by atoms with Gasteiger partial charge in [-0.1, -0.05) is 114 Å². The Bertz CT molecular complexity index is 1700. The molecule has 1 aliphatic carbocycles. The van der Waals surface area contributed by atoms with Gasteiger partial charge in [-0.05, 0) is 46.5 Å². The standard InChI is InChI=1S/C37H38IN5O4/c38-25-41-24-35(46)42-32(19-26-14-16-30(44)17-15-26)36(47)40-22-31(28-11-5-2-6-12-28)29-13-7-8-18-37(33(45)20-29,43(41)34(42)23-40)39-21-27-9-3-1-4-10-27/h1-18,20,31-34,39,44-45H,19,21-25H2/b13-7-,18-8+,29-20+/t31?,32-,33?,34-,37?/m0/s1. The van der Waals surface area contributed by atoms with Crippen molar-refractivity contribution in [3.63, 3.8) is 0 Å². The molecule has 4 bridgehead atoms. The second-order valence-electron chi connectivity index (χ2n) is 12.5. The van der Waals surface area contributed by atoms with Gasteiger partial charge < -0.3 is 20.0 Å². The summed E-state index contributed by atoms with van der Waals surface area (Å²) in [6.45, 7) is 1.19. The lowest BCUT2D eigenvalue weighted by atomic mass is 9.84. The summed E-state index contributed by atoms with van der Waals surface area (Å²) >= 11 is 2.27. The monoisotopic (exact) mass is 743 g/mol. The number of nitrogens with zero attached hydrogens (tertiary/aromatic N) is 4. The highest BCUT2D eigenvalue weighted by Crippen LogP contribution is 2.40. The lowest BCUT2D eigenvalue weighted by Crippen LogP contribution is -2.82. The molecular formula is C37H38IN5O4. The fraction of sp³-hybridized carbons (Fsp3) is 0.297. The molecule has 2 fully saturated rings. The number of aliphatic hydroxyl groups is 1. The molecule has 7 rings (SSSR count). The highest BCUT2D eigenvalue weighted by Gasteiger charge is 2.57. The average Bonchev–Trinajstić information content (AvgIpc) is 3.08. The summed E-state index contributed by atoms with van der Waals surface area (Å²) in [6.07, 6.45) is 8.63. The molecule has 242 valence electrons. The first-order valence-electron chi connectivity index (χ1n) is 16.0. The molecule has 9 nitrogen and oxygen atoms in total. The van der Waals surface area contributed by atoms with E-state index in [9.17, 15) is 19.8 Å². The quantitative estimate of drug-likeness (QED) is 0.192. The van der Waals surface area contributed by atoms with Crippen LogP contribution in [0.25, 0.3) is 0 Å². The van der Waals surface area contributed by atoms with Gasteiger partial charge in [0.2, 0.25) is 11.8 Å². The van der Waals surface area contributed by atoms with E-state index in [2.05, 4.69) is 45.0 Å². The van der Waals surface area contributed by atoms with Gasteiger partial charge in [0, 0.05) is 25.4 Å². The van der Waals surface area contributed by atoms with E-state index in [1.54, 1.807) is 29.2 Å². The number of benzene rings is 3. The predicted octanol–water partition coefficient (Wildman–Crippen LogP) is 3.92. The second-order valence-corrected chi connectivity index (χ2v) is 13.2. The molecule has 3 aromatic carbocycles. The smallest absolute Gasteiger partial charge is 0.245 e. The number of phenols is 1. The summed E-state index contributed by atoms with van der Waals surface area (Å²) in [5.41, 5.74) is 2.69. The minimum Gasteiger partial charge on any atom is -0.508 e. The Balaban J connectivity index is 1.42. The first-order valence-corrected chi connectivity index (χ1v) is 17.5. The van der Waals surface area contributed by atoms with E-state index < -0.39 is 24.0 Å². The number of rotatable bonds is 7. The zero-order valence-corrected chi connectivity index (χ0v) is 28.1. The van der Waals surface area contributed by atoms with Crippen LogP contribution in [0, 0.1) is 0 Å². The Kier molecular flexibility index (Phi) is 9.03. The van der Waals surface area contributed by atoms with Crippen molar-refractivity contribution in [2.24, 2.45) is 0 Å². The molecule has 3 N–H and O–H groups in total. The topological polar surface area (TPSA) is 99.6 Å². The summed E-state index contributed by atoms with van der Waals surface area (Å²) in [4.78, 5) is 32.4. The minimum absolute atomic E-state index is 0.0627. The number of allylic oxidation sites excluding steroid dienone is 3. The maximum Gasteiger partial charge on any atom is 0.245 e. The third kappa shape index (κ3) is 6.04. The zero-order valence-electron chi connectivity index (χ0n) is 25.9. The van der Waals surface area contributed by atoms with Crippen molar-refractivity contribution in [2.45, 2.75) is 42.9 Å². The maximum atomic E-state index is 14.6. The van der Waals surface area contributed by atoms with Gasteiger partial charge in [-0.25, -0.2) is 5.01 Å². The van der Waals surface area contributed by atoms with Crippen LogP contribution in [-0.2, 0) is 22.6 Å². The molecule has 47 heavy (non-hydrogen) atoms. The molecule has 4 aliphatic rings. The Hall–Kier alpha value is -3.81. The van der Waals surface area contributed by atoms with E-state index in [1.165, 1.54) is 0 Å². The number of amides is 2. The van der Waals surface area contributed by atoms with Crippen LogP contribution in [0.5, 0.6) is 5.75 Å². The van der Waals surface area contributed by atoms with Crippen LogP contribution >= 0.6 is 22.6 Å². The van der Waals surface area contributed by atoms with Crippen molar-refractivity contribution in [1.82, 2.24) is 25.1 Å². The molecule has 2 amide bonds. The van der Waals surface area contributed by atoms with Crippen molar-refractivity contribution in [1.29, 1.82) is 0 Å². The van der Waals surface area contributed by atoms with Crippen LogP contribution in [0.1, 0.15) is 22.6 Å². The van der Waals surface area contributed by atoms with Crippen molar-refractivity contribution in [2.75, 3.05) is 24.2 Å². The predicted molar refractivity (Wildman–Crippen MR) is 188 cm³/mol. The number of nitrogens with one attached hydrogen (secondary N) is 1. The van der Waals surface area contributed by atoms with Gasteiger partial charge in [0.1, 0.15) is 29.7 Å². The van der Waals surface area contributed by atoms with E-state index in [0.29, 0.717) is 24.1 Å². The molecule has 3 unspecified atom stereocenters. The Morgan fingerprint density at radius 2 is 1.62 bits per heavy atom. The van der Waals surface area contributed by atoms with E-state index >= 15 is 0 Å². The molecule has 3 aromatic rings. The third-order valence-corrected chi connectivity index (χ3v) is 10.5. The molecule has 2 saturated heterocycles. The normalized spacial score (nSPS) is 30.3. The van der Waals surface area contributed by atoms with Crippen molar-refractivity contribution < 1.29 is 19.8 Å². The highest BCUT2D eigenvalue weighted by atomic mass is 127. The van der Waals surface area contributed by atoms with Crippen LogP contribution in [0.15, 0.2) is 121 Å². The number of carbonyl (C=O) groups excluding carboxylic acids is 2. The van der Waals surface area contributed by atoms with Gasteiger partial charge in [-0.3, -0.25) is 14.9 Å². The summed E-state index contributed by atoms with van der Waals surface area (Å²) < 4.78 is 0.499. The average molecular weight is 744 g/mol. The molecule has 0 spiro atoms. The number of phenolic OH excluding ortho intramolecular Hbond substituents is 1. The number of hydrogen-bond acceptors (Lipinski definition) is 7. The molecule has 0 radical (unpaired) electrons. The van der Waals surface area contributed by atoms with Crippen LogP contribution < -0.4 is 5.32 Å². The SMILES string of the molecule is O=C1[C@H](Cc2ccc(O)cc2)N2C(=O)CN(CI)N3[C@H]2CN1CC(c1ccccc1)C1=C/C(O)C3(NCc2ccccc2)/C=C/C=C\1. The molecule has 3 aliphatic heterocycles. The van der Waals surface area contributed by atoms with Gasteiger partial charge in [0.05, 0.1) is 17.6 Å². The zero-order chi connectivity index (χ0) is 32.5. The Morgan fingerprint density at radius 1 is 0.894 bits per heavy atom.